The summed E-state index contributed by atoms with van der Waals surface area (Å²) in [4.78, 5) is 26.0. The average molecular weight is 550 g/mol. The molecule has 0 N–H and O–H groups in total. The zero-order valence-corrected chi connectivity index (χ0v) is 23.2. The largest absolute Gasteiger partial charge is 0.748 e. The van der Waals surface area contributed by atoms with E-state index in [0.29, 0.717) is 49.8 Å². The number of rotatable bonds is 10. The van der Waals surface area contributed by atoms with Crippen molar-refractivity contribution in [1.82, 2.24) is 0 Å². The molecular formula is C30H31NO7S. The van der Waals surface area contributed by atoms with Crippen LogP contribution in [-0.4, -0.2) is 36.6 Å². The molecule has 0 spiro atoms. The highest BCUT2D eigenvalue weighted by atomic mass is 32.2. The van der Waals surface area contributed by atoms with Crippen LogP contribution in [0.15, 0.2) is 60.7 Å². The van der Waals surface area contributed by atoms with Crippen LogP contribution in [0.1, 0.15) is 59.0 Å². The Morgan fingerprint density at radius 3 is 2.10 bits per heavy atom. The minimum absolute atomic E-state index is 0.0658. The van der Waals surface area contributed by atoms with Crippen molar-refractivity contribution in [1.29, 1.82) is 0 Å². The van der Waals surface area contributed by atoms with Crippen LogP contribution in [0.4, 0.5) is 0 Å². The third-order valence-electron chi connectivity index (χ3n) is 6.43. The Morgan fingerprint density at radius 2 is 1.56 bits per heavy atom. The summed E-state index contributed by atoms with van der Waals surface area (Å²) in [5.41, 5.74) is 3.51. The van der Waals surface area contributed by atoms with Gasteiger partial charge >= 0.3 is 5.97 Å². The van der Waals surface area contributed by atoms with E-state index in [1.54, 1.807) is 19.1 Å². The number of nitrogens with zero attached hydrogens (tertiary/aromatic N) is 1. The molecule has 0 amide bonds. The van der Waals surface area contributed by atoms with Crippen LogP contribution in [0, 0.1) is 6.92 Å². The lowest BCUT2D eigenvalue weighted by atomic mass is 10.0. The average Bonchev–Trinajstić information content (AvgIpc) is 2.87. The van der Waals surface area contributed by atoms with Crippen LogP contribution in [0.2, 0.25) is 0 Å². The SMILES string of the molecule is CC(=O)c1cc(C)c(OC(=O)c2c3ccccc3[n+](CCCS(=O)(=O)[O-])c3ccccc23)c(COC(C)C)c1. The number of hydrogen-bond acceptors (Lipinski definition) is 7. The first kappa shape index (κ1) is 28.4. The second kappa shape index (κ2) is 11.6. The van der Waals surface area contributed by atoms with Gasteiger partial charge in [-0.3, -0.25) is 4.79 Å². The predicted molar refractivity (Wildman–Crippen MR) is 147 cm³/mol. The van der Waals surface area contributed by atoms with E-state index in [9.17, 15) is 22.6 Å². The maximum atomic E-state index is 13.9. The lowest BCUT2D eigenvalue weighted by Gasteiger charge is -2.17. The Balaban J connectivity index is 1.84. The van der Waals surface area contributed by atoms with Gasteiger partial charge in [-0.15, -0.1) is 0 Å². The van der Waals surface area contributed by atoms with Gasteiger partial charge in [-0.2, -0.15) is 4.57 Å². The van der Waals surface area contributed by atoms with Crippen LogP contribution in [0.5, 0.6) is 5.75 Å². The first-order valence-corrected chi connectivity index (χ1v) is 14.3. The van der Waals surface area contributed by atoms with E-state index in [4.69, 9.17) is 9.47 Å². The summed E-state index contributed by atoms with van der Waals surface area (Å²) >= 11 is 0. The van der Waals surface area contributed by atoms with Gasteiger partial charge in [0.2, 0.25) is 11.0 Å². The highest BCUT2D eigenvalue weighted by molar-refractivity contribution is 7.85. The molecule has 39 heavy (non-hydrogen) atoms. The molecule has 204 valence electrons. The number of hydrogen-bond donors (Lipinski definition) is 0. The summed E-state index contributed by atoms with van der Waals surface area (Å²) in [6.45, 7) is 7.51. The van der Waals surface area contributed by atoms with E-state index in [-0.39, 0.29) is 31.5 Å². The molecule has 8 nitrogen and oxygen atoms in total. The lowest BCUT2D eigenvalue weighted by molar-refractivity contribution is -0.645. The Morgan fingerprint density at radius 1 is 0.974 bits per heavy atom. The molecule has 1 aromatic heterocycles. The molecule has 3 aromatic carbocycles. The number of Topliss-reactive ketones (excluding diaryl/α,β-unsaturated/α-hetero) is 1. The Bertz CT molecular complexity index is 1620. The first-order chi connectivity index (χ1) is 18.5. The minimum Gasteiger partial charge on any atom is -0.748 e. The highest BCUT2D eigenvalue weighted by Gasteiger charge is 2.26. The predicted octanol–water partition coefficient (Wildman–Crippen LogP) is 4.87. The zero-order valence-electron chi connectivity index (χ0n) is 22.4. The van der Waals surface area contributed by atoms with Crippen molar-refractivity contribution in [2.75, 3.05) is 5.75 Å². The molecule has 0 saturated heterocycles. The minimum atomic E-state index is -4.35. The molecular weight excluding hydrogens is 518 g/mol. The van der Waals surface area contributed by atoms with Gasteiger partial charge in [-0.1, -0.05) is 24.3 Å². The van der Waals surface area contributed by atoms with Crippen molar-refractivity contribution in [3.63, 3.8) is 0 Å². The second-order valence-corrected chi connectivity index (χ2v) is 11.3. The van der Waals surface area contributed by atoms with Crippen LogP contribution >= 0.6 is 0 Å². The number of aromatic nitrogens is 1. The Labute approximate surface area is 227 Å². The third kappa shape index (κ3) is 6.50. The first-order valence-electron chi connectivity index (χ1n) is 12.7. The number of aryl methyl sites for hydroxylation is 2. The molecule has 0 unspecified atom stereocenters. The van der Waals surface area contributed by atoms with Crippen LogP contribution < -0.4 is 9.30 Å². The van der Waals surface area contributed by atoms with Crippen LogP contribution in [-0.2, 0) is 28.0 Å². The summed E-state index contributed by atoms with van der Waals surface area (Å²) in [6, 6.07) is 18.0. The van der Waals surface area contributed by atoms with Gasteiger partial charge in [0.1, 0.15) is 5.75 Å². The highest BCUT2D eigenvalue weighted by Crippen LogP contribution is 2.31. The van der Waals surface area contributed by atoms with Gasteiger partial charge in [-0.25, -0.2) is 13.2 Å². The normalized spacial score (nSPS) is 11.8. The molecule has 0 atom stereocenters. The molecule has 4 rings (SSSR count). The smallest absolute Gasteiger partial charge is 0.345 e. The number of pyridine rings is 1. The van der Waals surface area contributed by atoms with Gasteiger partial charge in [-0.05, 0) is 57.5 Å². The monoisotopic (exact) mass is 549 g/mol. The maximum absolute atomic E-state index is 13.9. The Hall–Kier alpha value is -3.66. The van der Waals surface area contributed by atoms with Gasteiger partial charge in [0.15, 0.2) is 12.3 Å². The lowest BCUT2D eigenvalue weighted by Crippen LogP contribution is -2.37. The summed E-state index contributed by atoms with van der Waals surface area (Å²) in [5.74, 6) is -0.808. The molecule has 0 aliphatic heterocycles. The summed E-state index contributed by atoms with van der Waals surface area (Å²) in [7, 11) is -4.35. The second-order valence-electron chi connectivity index (χ2n) is 9.76. The van der Waals surface area contributed by atoms with E-state index in [0.717, 1.165) is 0 Å². The number of ketones is 1. The number of carbonyl (C=O) groups excluding carboxylic acids is 2. The summed E-state index contributed by atoms with van der Waals surface area (Å²) in [6.07, 6.45) is 0.0683. The zero-order chi connectivity index (χ0) is 28.3. The van der Waals surface area contributed by atoms with Crippen molar-refractivity contribution in [3.8, 4) is 5.75 Å². The number of fused-ring (bicyclic) bond motifs is 2. The molecule has 1 heterocycles. The quantitative estimate of drug-likeness (QED) is 0.0692. The van der Waals surface area contributed by atoms with Crippen molar-refractivity contribution >= 4 is 43.7 Å². The van der Waals surface area contributed by atoms with Gasteiger partial charge < -0.3 is 14.0 Å². The van der Waals surface area contributed by atoms with Crippen LogP contribution in [0.3, 0.4) is 0 Å². The topological polar surface area (TPSA) is 114 Å². The van der Waals surface area contributed by atoms with Crippen molar-refractivity contribution in [3.05, 3.63) is 82.9 Å². The van der Waals surface area contributed by atoms with Gasteiger partial charge in [0, 0.05) is 35.4 Å². The molecule has 0 saturated carbocycles. The van der Waals surface area contributed by atoms with E-state index in [2.05, 4.69) is 0 Å². The molecule has 0 bridgehead atoms. The number of para-hydroxylation sites is 2. The summed E-state index contributed by atoms with van der Waals surface area (Å²) in [5, 5.41) is 1.26. The fourth-order valence-electron chi connectivity index (χ4n) is 4.68. The molecule has 9 heteroatoms. The maximum Gasteiger partial charge on any atom is 0.345 e. The number of carbonyl (C=O) groups is 2. The molecule has 0 aliphatic carbocycles. The van der Waals surface area contributed by atoms with E-state index >= 15 is 0 Å². The number of ether oxygens (including phenoxy) is 2. The molecule has 0 radical (unpaired) electrons. The fourth-order valence-corrected chi connectivity index (χ4v) is 5.16. The standard InChI is InChI=1S/C30H31NO7S/c1-19(2)37-18-23-17-22(21(4)32)16-20(3)29(23)38-30(33)28-24-10-5-7-12-26(24)31(14-9-15-39(34,35)36)27-13-8-6-11-25(27)28/h5-8,10-13,16-17,19H,9,14-15,18H2,1-4H3. The van der Waals surface area contributed by atoms with E-state index in [1.165, 1.54) is 6.92 Å². The fraction of sp³-hybridized carbons (Fsp3) is 0.300. The van der Waals surface area contributed by atoms with Crippen molar-refractivity contribution < 1.29 is 36.6 Å². The molecule has 0 fully saturated rings. The third-order valence-corrected chi connectivity index (χ3v) is 7.22. The Kier molecular flexibility index (Phi) is 8.44. The van der Waals surface area contributed by atoms with Crippen molar-refractivity contribution in [2.24, 2.45) is 0 Å². The van der Waals surface area contributed by atoms with Crippen molar-refractivity contribution in [2.45, 2.75) is 53.4 Å². The number of benzene rings is 3. The molecule has 4 aromatic rings. The summed E-state index contributed by atoms with van der Waals surface area (Å²) < 4.78 is 47.4. The van der Waals surface area contributed by atoms with Gasteiger partial charge in [0.05, 0.1) is 39.2 Å². The van der Waals surface area contributed by atoms with E-state index < -0.39 is 21.8 Å². The molecule has 0 aliphatic rings. The van der Waals surface area contributed by atoms with Crippen LogP contribution in [0.25, 0.3) is 21.8 Å². The van der Waals surface area contributed by atoms with Gasteiger partial charge in [0.25, 0.3) is 0 Å². The number of esters is 1. The van der Waals surface area contributed by atoms with E-state index in [1.807, 2.05) is 66.9 Å².